The lowest BCUT2D eigenvalue weighted by atomic mass is 10.1. The minimum absolute atomic E-state index is 0.0527. The Morgan fingerprint density at radius 2 is 1.44 bits per heavy atom. The van der Waals surface area contributed by atoms with Crippen LogP contribution in [0.15, 0.2) is 138 Å². The number of carbonyl (C=O) groups is 4. The molecule has 0 bridgehead atoms. The van der Waals surface area contributed by atoms with Gasteiger partial charge in [-0.1, -0.05) is 78.9 Å². The van der Waals surface area contributed by atoms with Gasteiger partial charge in [-0.2, -0.15) is 0 Å². The van der Waals surface area contributed by atoms with Crippen molar-refractivity contribution in [1.82, 2.24) is 5.32 Å². The monoisotopic (exact) mass is 681 g/mol. The van der Waals surface area contributed by atoms with E-state index in [1.807, 2.05) is 92.7 Å². The van der Waals surface area contributed by atoms with E-state index in [9.17, 15) is 19.2 Å². The molecule has 0 saturated carbocycles. The molecule has 1 heterocycles. The maximum Gasteiger partial charge on any atom is 0.272 e. The normalized spacial score (nSPS) is 14.4. The van der Waals surface area contributed by atoms with E-state index in [4.69, 9.17) is 4.74 Å². The first-order valence-corrected chi connectivity index (χ1v) is 17.0. The SMILES string of the molecule is Cc1cccc(C)c1N1C(=O)CC(Sc2ccc(NC(=O)/C(=C/c3ccc(OCc4ccccc4)cc3)NC(=O)c3ccccc3)cc2)C1=O. The Hall–Kier alpha value is -5.93. The fraction of sp³-hybridized carbons (Fsp3) is 0.122. The van der Waals surface area contributed by atoms with E-state index in [1.54, 1.807) is 54.6 Å². The molecule has 50 heavy (non-hydrogen) atoms. The van der Waals surface area contributed by atoms with Gasteiger partial charge in [0.1, 0.15) is 18.1 Å². The summed E-state index contributed by atoms with van der Waals surface area (Å²) in [7, 11) is 0. The number of rotatable bonds is 11. The predicted octanol–water partition coefficient (Wildman–Crippen LogP) is 7.72. The third-order valence-electron chi connectivity index (χ3n) is 8.13. The van der Waals surface area contributed by atoms with E-state index in [1.165, 1.54) is 16.7 Å². The number of ether oxygens (including phenoxy) is 1. The van der Waals surface area contributed by atoms with Gasteiger partial charge in [-0.25, -0.2) is 4.90 Å². The number of aryl methyl sites for hydroxylation is 2. The van der Waals surface area contributed by atoms with Crippen LogP contribution in [0.5, 0.6) is 5.75 Å². The quantitative estimate of drug-likeness (QED) is 0.109. The van der Waals surface area contributed by atoms with Gasteiger partial charge in [0.25, 0.3) is 11.8 Å². The highest BCUT2D eigenvalue weighted by atomic mass is 32.2. The van der Waals surface area contributed by atoms with Crippen LogP contribution in [0, 0.1) is 13.8 Å². The van der Waals surface area contributed by atoms with Crippen LogP contribution in [0.4, 0.5) is 11.4 Å². The zero-order valence-corrected chi connectivity index (χ0v) is 28.4. The van der Waals surface area contributed by atoms with Crippen LogP contribution >= 0.6 is 11.8 Å². The molecular weight excluding hydrogens is 647 g/mol. The molecule has 2 N–H and O–H groups in total. The van der Waals surface area contributed by atoms with Crippen LogP contribution in [0.25, 0.3) is 6.08 Å². The maximum atomic E-state index is 13.6. The Bertz CT molecular complexity index is 2030. The molecule has 8 nitrogen and oxygen atoms in total. The number of nitrogens with one attached hydrogen (secondary N) is 2. The predicted molar refractivity (Wildman–Crippen MR) is 197 cm³/mol. The lowest BCUT2D eigenvalue weighted by Crippen LogP contribution is -2.32. The Morgan fingerprint density at radius 1 is 0.800 bits per heavy atom. The van der Waals surface area contributed by atoms with Crippen molar-refractivity contribution < 1.29 is 23.9 Å². The largest absolute Gasteiger partial charge is 0.489 e. The summed E-state index contributed by atoms with van der Waals surface area (Å²) in [6.45, 7) is 4.21. The fourth-order valence-electron chi connectivity index (χ4n) is 5.58. The van der Waals surface area contributed by atoms with Crippen molar-refractivity contribution in [3.63, 3.8) is 0 Å². The summed E-state index contributed by atoms with van der Waals surface area (Å²) in [4.78, 5) is 55.0. The highest BCUT2D eigenvalue weighted by molar-refractivity contribution is 8.00. The second-order valence-corrected chi connectivity index (χ2v) is 13.1. The van der Waals surface area contributed by atoms with E-state index < -0.39 is 17.1 Å². The number of hydrogen-bond donors (Lipinski definition) is 2. The molecule has 0 aromatic heterocycles. The summed E-state index contributed by atoms with van der Waals surface area (Å²) in [5, 5.41) is 5.06. The summed E-state index contributed by atoms with van der Waals surface area (Å²) >= 11 is 1.31. The molecule has 1 aliphatic rings. The summed E-state index contributed by atoms with van der Waals surface area (Å²) in [5.41, 5.74) is 5.09. The Balaban J connectivity index is 1.14. The Morgan fingerprint density at radius 3 is 2.10 bits per heavy atom. The van der Waals surface area contributed by atoms with E-state index in [-0.39, 0.29) is 23.9 Å². The Labute approximate surface area is 295 Å². The lowest BCUT2D eigenvalue weighted by Gasteiger charge is -2.19. The third-order valence-corrected chi connectivity index (χ3v) is 9.32. The van der Waals surface area contributed by atoms with Crippen molar-refractivity contribution in [2.24, 2.45) is 0 Å². The van der Waals surface area contributed by atoms with Gasteiger partial charge in [0.05, 0.1) is 10.9 Å². The summed E-state index contributed by atoms with van der Waals surface area (Å²) < 4.78 is 5.89. The average Bonchev–Trinajstić information content (AvgIpc) is 3.40. The van der Waals surface area contributed by atoms with Gasteiger partial charge >= 0.3 is 0 Å². The molecule has 5 aromatic carbocycles. The van der Waals surface area contributed by atoms with E-state index in [0.717, 1.165) is 21.6 Å². The van der Waals surface area contributed by atoms with Crippen LogP contribution in [0.3, 0.4) is 0 Å². The molecule has 0 spiro atoms. The molecule has 1 fully saturated rings. The van der Waals surface area contributed by atoms with E-state index >= 15 is 0 Å². The highest BCUT2D eigenvalue weighted by Crippen LogP contribution is 2.36. The first kappa shape index (κ1) is 34.0. The molecule has 5 aromatic rings. The van der Waals surface area contributed by atoms with E-state index in [2.05, 4.69) is 10.6 Å². The van der Waals surface area contributed by atoms with Gasteiger partial charge in [-0.15, -0.1) is 11.8 Å². The number of anilines is 2. The van der Waals surface area contributed by atoms with Crippen molar-refractivity contribution in [3.05, 3.63) is 161 Å². The van der Waals surface area contributed by atoms with Gasteiger partial charge in [0.2, 0.25) is 11.8 Å². The molecule has 4 amide bonds. The van der Waals surface area contributed by atoms with Crippen LogP contribution < -0.4 is 20.3 Å². The van der Waals surface area contributed by atoms with Gasteiger partial charge in [0.15, 0.2) is 0 Å². The topological polar surface area (TPSA) is 105 Å². The van der Waals surface area contributed by atoms with Crippen LogP contribution in [-0.2, 0) is 21.0 Å². The average molecular weight is 682 g/mol. The molecule has 1 atom stereocenters. The van der Waals surface area contributed by atoms with Crippen LogP contribution in [0.1, 0.15) is 39.0 Å². The molecule has 1 unspecified atom stereocenters. The third kappa shape index (κ3) is 8.19. The summed E-state index contributed by atoms with van der Waals surface area (Å²) in [6.07, 6.45) is 1.71. The van der Waals surface area contributed by atoms with Gasteiger partial charge < -0.3 is 15.4 Å². The van der Waals surface area contributed by atoms with Gasteiger partial charge in [-0.3, -0.25) is 19.2 Å². The number of imide groups is 1. The number of para-hydroxylation sites is 1. The smallest absolute Gasteiger partial charge is 0.272 e. The van der Waals surface area contributed by atoms with Crippen molar-refractivity contribution in [2.45, 2.75) is 37.0 Å². The summed E-state index contributed by atoms with van der Waals surface area (Å²) in [5.74, 6) is -0.730. The van der Waals surface area contributed by atoms with Gasteiger partial charge in [-0.05, 0) is 90.7 Å². The molecule has 250 valence electrons. The molecule has 1 aliphatic heterocycles. The first-order chi connectivity index (χ1) is 24.2. The molecule has 0 radical (unpaired) electrons. The number of carbonyl (C=O) groups excluding carboxylic acids is 4. The van der Waals surface area contributed by atoms with E-state index in [0.29, 0.717) is 34.9 Å². The minimum atomic E-state index is -0.556. The molecule has 0 aliphatic carbocycles. The number of thioether (sulfide) groups is 1. The number of hydrogen-bond acceptors (Lipinski definition) is 6. The molecule has 1 saturated heterocycles. The second-order valence-electron chi connectivity index (χ2n) is 11.8. The van der Waals surface area contributed by atoms with Gasteiger partial charge in [0, 0.05) is 22.6 Å². The zero-order valence-electron chi connectivity index (χ0n) is 27.6. The lowest BCUT2D eigenvalue weighted by molar-refractivity contribution is -0.121. The highest BCUT2D eigenvalue weighted by Gasteiger charge is 2.41. The Kier molecular flexibility index (Phi) is 10.5. The number of nitrogens with zero attached hydrogens (tertiary/aromatic N) is 1. The fourth-order valence-corrected chi connectivity index (χ4v) is 6.63. The second kappa shape index (κ2) is 15.5. The zero-order chi connectivity index (χ0) is 35.0. The first-order valence-electron chi connectivity index (χ1n) is 16.1. The van der Waals surface area contributed by atoms with Crippen molar-refractivity contribution >= 4 is 52.8 Å². The van der Waals surface area contributed by atoms with Crippen molar-refractivity contribution in [3.8, 4) is 5.75 Å². The minimum Gasteiger partial charge on any atom is -0.489 e. The maximum absolute atomic E-state index is 13.6. The molecule has 9 heteroatoms. The van der Waals surface area contributed by atoms with Crippen LogP contribution in [-0.4, -0.2) is 28.9 Å². The summed E-state index contributed by atoms with van der Waals surface area (Å²) in [6, 6.07) is 38.5. The molecular formula is C41H35N3O5S. The number of amides is 4. The number of benzene rings is 5. The van der Waals surface area contributed by atoms with Crippen molar-refractivity contribution in [1.29, 1.82) is 0 Å². The van der Waals surface area contributed by atoms with Crippen LogP contribution in [0.2, 0.25) is 0 Å². The molecule has 6 rings (SSSR count). The van der Waals surface area contributed by atoms with Crippen molar-refractivity contribution in [2.75, 3.05) is 10.2 Å². The standard InChI is InChI=1S/C41H35N3O5S/c1-27-10-9-11-28(2)38(27)44-37(45)25-36(41(44)48)50-34-22-18-32(19-23-34)42-40(47)35(43-39(46)31-14-7-4-8-15-31)24-29-16-20-33(21-17-29)49-26-30-12-5-3-6-13-30/h3-24,36H,25-26H2,1-2H3,(H,42,47)(H,43,46)/b35-24-.